The van der Waals surface area contributed by atoms with Crippen LogP contribution in [0.5, 0.6) is 0 Å². The summed E-state index contributed by atoms with van der Waals surface area (Å²) in [5.74, 6) is 1.64. The van der Waals surface area contributed by atoms with Gasteiger partial charge in [-0.3, -0.25) is 0 Å². The van der Waals surface area contributed by atoms with Gasteiger partial charge in [0, 0.05) is 19.2 Å². The van der Waals surface area contributed by atoms with Gasteiger partial charge >= 0.3 is 6.03 Å². The van der Waals surface area contributed by atoms with E-state index in [9.17, 15) is 9.90 Å². The molecule has 1 aromatic heterocycles. The molecule has 2 unspecified atom stereocenters. The molecule has 2 atom stereocenters. The molecular weight excluding hydrogens is 260 g/mol. The summed E-state index contributed by atoms with van der Waals surface area (Å²) in [6, 6.07) is 1.53. The van der Waals surface area contributed by atoms with Crippen molar-refractivity contribution >= 4 is 6.03 Å². The van der Waals surface area contributed by atoms with E-state index in [1.165, 1.54) is 7.11 Å². The van der Waals surface area contributed by atoms with Crippen molar-refractivity contribution in [2.75, 3.05) is 20.3 Å². The molecule has 0 radical (unpaired) electrons. The minimum Gasteiger partial charge on any atom is -0.466 e. The maximum Gasteiger partial charge on any atom is 0.315 e. The molecule has 1 heterocycles. The maximum absolute atomic E-state index is 11.7. The number of aliphatic hydroxyl groups excluding tert-OH is 1. The largest absolute Gasteiger partial charge is 0.466 e. The number of furan rings is 1. The van der Waals surface area contributed by atoms with Crippen LogP contribution in [-0.4, -0.2) is 37.5 Å². The molecular formula is C14H24N2O4. The highest BCUT2D eigenvalue weighted by atomic mass is 16.5. The molecule has 6 nitrogen and oxygen atoms in total. The maximum atomic E-state index is 11.7. The van der Waals surface area contributed by atoms with E-state index in [1.807, 2.05) is 26.8 Å². The highest BCUT2D eigenvalue weighted by molar-refractivity contribution is 5.74. The van der Waals surface area contributed by atoms with Gasteiger partial charge in [-0.05, 0) is 33.3 Å². The van der Waals surface area contributed by atoms with E-state index in [4.69, 9.17) is 9.15 Å². The standard InChI is InChI=1S/C14H24N2O4/c1-9-7-13(11(3)20-9)10(2)16-14(18)15-6-5-12(17)8-19-4/h7,10,12,17H,5-6,8H2,1-4H3,(H2,15,16,18). The number of ether oxygens (including phenoxy) is 1. The molecule has 0 aliphatic rings. The highest BCUT2D eigenvalue weighted by Crippen LogP contribution is 2.20. The Morgan fingerprint density at radius 3 is 2.75 bits per heavy atom. The summed E-state index contributed by atoms with van der Waals surface area (Å²) < 4.78 is 10.2. The smallest absolute Gasteiger partial charge is 0.315 e. The predicted molar refractivity (Wildman–Crippen MR) is 75.6 cm³/mol. The quantitative estimate of drug-likeness (QED) is 0.711. The van der Waals surface area contributed by atoms with Crippen LogP contribution < -0.4 is 10.6 Å². The molecule has 2 amide bonds. The van der Waals surface area contributed by atoms with Crippen molar-refractivity contribution in [3.05, 3.63) is 23.2 Å². The van der Waals surface area contributed by atoms with Gasteiger partial charge in [0.05, 0.1) is 18.8 Å². The number of aliphatic hydroxyl groups is 1. The van der Waals surface area contributed by atoms with Crippen LogP contribution in [-0.2, 0) is 4.74 Å². The summed E-state index contributed by atoms with van der Waals surface area (Å²) in [5, 5.41) is 15.0. The zero-order valence-corrected chi connectivity index (χ0v) is 12.5. The SMILES string of the molecule is COCC(O)CCNC(=O)NC(C)c1cc(C)oc1C. The summed E-state index contributed by atoms with van der Waals surface area (Å²) >= 11 is 0. The van der Waals surface area contributed by atoms with Gasteiger partial charge in [0.25, 0.3) is 0 Å². The van der Waals surface area contributed by atoms with Crippen molar-refractivity contribution in [3.8, 4) is 0 Å². The minimum absolute atomic E-state index is 0.128. The second-order valence-corrected chi connectivity index (χ2v) is 4.89. The number of amides is 2. The summed E-state index contributed by atoms with van der Waals surface area (Å²) in [6.45, 7) is 6.32. The third kappa shape index (κ3) is 5.22. The first kappa shape index (κ1) is 16.5. The molecule has 0 saturated carbocycles. The lowest BCUT2D eigenvalue weighted by atomic mass is 10.1. The summed E-state index contributed by atoms with van der Waals surface area (Å²) in [4.78, 5) is 11.7. The summed E-state index contributed by atoms with van der Waals surface area (Å²) in [5.41, 5.74) is 0.970. The first-order valence-corrected chi connectivity index (χ1v) is 6.72. The van der Waals surface area contributed by atoms with Crippen molar-refractivity contribution in [2.24, 2.45) is 0 Å². The van der Waals surface area contributed by atoms with Gasteiger partial charge in [0.15, 0.2) is 0 Å². The molecule has 0 aromatic carbocycles. The number of methoxy groups -OCH3 is 1. The Morgan fingerprint density at radius 1 is 1.50 bits per heavy atom. The molecule has 0 bridgehead atoms. The number of hydrogen-bond acceptors (Lipinski definition) is 4. The molecule has 3 N–H and O–H groups in total. The number of carbonyl (C=O) groups is 1. The van der Waals surface area contributed by atoms with Crippen molar-refractivity contribution in [1.29, 1.82) is 0 Å². The molecule has 0 aliphatic heterocycles. The van der Waals surface area contributed by atoms with E-state index >= 15 is 0 Å². The Morgan fingerprint density at radius 2 is 2.20 bits per heavy atom. The monoisotopic (exact) mass is 284 g/mol. The Kier molecular flexibility index (Phi) is 6.54. The molecule has 1 aromatic rings. The lowest BCUT2D eigenvalue weighted by Crippen LogP contribution is -2.38. The third-order valence-corrected chi connectivity index (χ3v) is 3.02. The molecule has 114 valence electrons. The number of hydrogen-bond donors (Lipinski definition) is 3. The molecule has 0 spiro atoms. The number of nitrogens with one attached hydrogen (secondary N) is 2. The number of carbonyl (C=O) groups excluding carboxylic acids is 1. The molecule has 0 fully saturated rings. The van der Waals surface area contributed by atoms with E-state index in [2.05, 4.69) is 10.6 Å². The van der Waals surface area contributed by atoms with Crippen LogP contribution >= 0.6 is 0 Å². The predicted octanol–water partition coefficient (Wildman–Crippen LogP) is 1.65. The van der Waals surface area contributed by atoms with Crippen LogP contribution in [0.4, 0.5) is 4.79 Å². The second-order valence-electron chi connectivity index (χ2n) is 4.89. The number of rotatable bonds is 7. The van der Waals surface area contributed by atoms with Crippen molar-refractivity contribution in [2.45, 2.75) is 39.3 Å². The van der Waals surface area contributed by atoms with Gasteiger partial charge in [-0.15, -0.1) is 0 Å². The van der Waals surface area contributed by atoms with E-state index < -0.39 is 6.10 Å². The first-order valence-electron chi connectivity index (χ1n) is 6.72. The van der Waals surface area contributed by atoms with E-state index in [0.29, 0.717) is 13.0 Å². The Bertz CT molecular complexity index is 431. The Hall–Kier alpha value is -1.53. The molecule has 0 saturated heterocycles. The van der Waals surface area contributed by atoms with Crippen LogP contribution in [0.15, 0.2) is 10.5 Å². The van der Waals surface area contributed by atoms with E-state index in [0.717, 1.165) is 17.1 Å². The molecule has 20 heavy (non-hydrogen) atoms. The van der Waals surface area contributed by atoms with Gasteiger partial charge in [0.2, 0.25) is 0 Å². The topological polar surface area (TPSA) is 83.7 Å². The fourth-order valence-electron chi connectivity index (χ4n) is 2.03. The second kappa shape index (κ2) is 7.91. The van der Waals surface area contributed by atoms with Crippen molar-refractivity contribution in [3.63, 3.8) is 0 Å². The van der Waals surface area contributed by atoms with Crippen LogP contribution in [0.1, 0.15) is 36.5 Å². The lowest BCUT2D eigenvalue weighted by molar-refractivity contribution is 0.0598. The Labute approximate surface area is 119 Å². The van der Waals surface area contributed by atoms with E-state index in [-0.39, 0.29) is 18.7 Å². The van der Waals surface area contributed by atoms with Gasteiger partial charge in [-0.25, -0.2) is 4.79 Å². The van der Waals surface area contributed by atoms with Crippen LogP contribution in [0.25, 0.3) is 0 Å². The number of urea groups is 1. The fraction of sp³-hybridized carbons (Fsp3) is 0.643. The summed E-state index contributed by atoms with van der Waals surface area (Å²) in [6.07, 6.45) is -0.101. The highest BCUT2D eigenvalue weighted by Gasteiger charge is 2.14. The van der Waals surface area contributed by atoms with Gasteiger partial charge in [-0.2, -0.15) is 0 Å². The minimum atomic E-state index is -0.559. The Balaban J connectivity index is 2.33. The van der Waals surface area contributed by atoms with Gasteiger partial charge < -0.3 is 24.9 Å². The van der Waals surface area contributed by atoms with Crippen molar-refractivity contribution < 1.29 is 19.1 Å². The zero-order valence-electron chi connectivity index (χ0n) is 12.5. The average Bonchev–Trinajstić information content (AvgIpc) is 2.68. The van der Waals surface area contributed by atoms with Crippen LogP contribution in [0.3, 0.4) is 0 Å². The molecule has 0 aliphatic carbocycles. The van der Waals surface area contributed by atoms with Crippen LogP contribution in [0, 0.1) is 13.8 Å². The molecule has 1 rings (SSSR count). The van der Waals surface area contributed by atoms with E-state index in [1.54, 1.807) is 0 Å². The zero-order chi connectivity index (χ0) is 15.1. The first-order chi connectivity index (χ1) is 9.43. The normalized spacial score (nSPS) is 13.8. The van der Waals surface area contributed by atoms with Gasteiger partial charge in [0.1, 0.15) is 11.5 Å². The average molecular weight is 284 g/mol. The number of aryl methyl sites for hydroxylation is 2. The van der Waals surface area contributed by atoms with Crippen molar-refractivity contribution in [1.82, 2.24) is 10.6 Å². The van der Waals surface area contributed by atoms with Crippen LogP contribution in [0.2, 0.25) is 0 Å². The fourth-order valence-corrected chi connectivity index (χ4v) is 2.03. The third-order valence-electron chi connectivity index (χ3n) is 3.02. The lowest BCUT2D eigenvalue weighted by Gasteiger charge is -2.15. The molecule has 6 heteroatoms. The van der Waals surface area contributed by atoms with Gasteiger partial charge in [-0.1, -0.05) is 0 Å². The summed E-state index contributed by atoms with van der Waals surface area (Å²) in [7, 11) is 1.53.